The molecule has 0 aromatic heterocycles. The van der Waals surface area contributed by atoms with Crippen molar-refractivity contribution >= 4 is 78.1 Å². The molecule has 0 spiro atoms. The summed E-state index contributed by atoms with van der Waals surface area (Å²) >= 11 is 0. The smallest absolute Gasteiger partial charge is 0.266 e. The van der Waals surface area contributed by atoms with Crippen LogP contribution in [0, 0.1) is 11.8 Å². The van der Waals surface area contributed by atoms with Gasteiger partial charge in [-0.05, 0) is 121 Å². The van der Waals surface area contributed by atoms with E-state index in [4.69, 9.17) is 9.47 Å². The summed E-state index contributed by atoms with van der Waals surface area (Å²) in [6.45, 7) is 14.0. The lowest BCUT2D eigenvalue weighted by atomic mass is 9.81. The van der Waals surface area contributed by atoms with E-state index in [0.717, 1.165) is 135 Å². The first-order valence-electron chi connectivity index (χ1n) is 26.7. The quantitative estimate of drug-likeness (QED) is 0.0259. The molecule has 0 saturated heterocycles. The number of ether oxygens (including phenoxy) is 2. The van der Waals surface area contributed by atoms with E-state index in [1.807, 2.05) is 84.9 Å². The molecule has 7 aromatic carbocycles. The van der Waals surface area contributed by atoms with Crippen molar-refractivity contribution in [1.82, 2.24) is 0 Å². The van der Waals surface area contributed by atoms with Gasteiger partial charge in [-0.2, -0.15) is 0 Å². The average Bonchev–Trinajstić information content (AvgIpc) is 3.38. The van der Waals surface area contributed by atoms with Crippen molar-refractivity contribution < 1.29 is 28.7 Å². The monoisotopic (exact) mass is 939 g/mol. The number of unbranched alkanes of at least 4 members (excludes halogenated alkanes) is 6. The summed E-state index contributed by atoms with van der Waals surface area (Å²) in [5.41, 5.74) is 5.07. The van der Waals surface area contributed by atoms with Gasteiger partial charge < -0.3 is 9.47 Å². The third kappa shape index (κ3) is 8.92. The molecule has 0 saturated carbocycles. The van der Waals surface area contributed by atoms with Crippen LogP contribution in [0.5, 0.6) is 11.5 Å². The molecule has 8 heteroatoms. The van der Waals surface area contributed by atoms with E-state index < -0.39 is 11.8 Å². The molecule has 70 heavy (non-hydrogen) atoms. The Kier molecular flexibility index (Phi) is 14.9. The summed E-state index contributed by atoms with van der Waals surface area (Å²) in [5, 5.41) is 5.70. The van der Waals surface area contributed by atoms with Crippen LogP contribution in [0.4, 0.5) is 11.4 Å². The number of carbonyl (C=O) groups is 4. The largest absolute Gasteiger partial charge is 0.493 e. The third-order valence-corrected chi connectivity index (χ3v) is 15.3. The second-order valence-electron chi connectivity index (χ2n) is 20.0. The Balaban J connectivity index is 1.28. The zero-order chi connectivity index (χ0) is 49.1. The highest BCUT2D eigenvalue weighted by Crippen LogP contribution is 2.53. The minimum Gasteiger partial charge on any atom is -0.493 e. The fraction of sp³-hybridized carbons (Fsp3) is 0.419. The van der Waals surface area contributed by atoms with Gasteiger partial charge in [0.05, 0.1) is 35.7 Å². The number of amides is 4. The predicted molar refractivity (Wildman–Crippen MR) is 287 cm³/mol. The summed E-state index contributed by atoms with van der Waals surface area (Å²) in [4.78, 5) is 62.6. The maximum Gasteiger partial charge on any atom is 0.266 e. The van der Waals surface area contributed by atoms with Crippen molar-refractivity contribution in [2.24, 2.45) is 11.8 Å². The second kappa shape index (κ2) is 21.4. The lowest BCUT2D eigenvalue weighted by Gasteiger charge is -2.32. The van der Waals surface area contributed by atoms with Crippen molar-refractivity contribution in [1.29, 1.82) is 0 Å². The lowest BCUT2D eigenvalue weighted by Crippen LogP contribution is -2.40. The van der Waals surface area contributed by atoms with E-state index in [2.05, 4.69) is 41.5 Å². The van der Waals surface area contributed by atoms with Gasteiger partial charge in [-0.1, -0.05) is 142 Å². The first kappa shape index (κ1) is 48.7. The molecule has 2 atom stereocenters. The molecule has 0 aliphatic carbocycles. The van der Waals surface area contributed by atoms with Crippen molar-refractivity contribution in [2.45, 2.75) is 144 Å². The van der Waals surface area contributed by atoms with Gasteiger partial charge in [0.25, 0.3) is 23.6 Å². The Hall–Kier alpha value is -6.28. The zero-order valence-electron chi connectivity index (χ0n) is 42.3. The van der Waals surface area contributed by atoms with Gasteiger partial charge >= 0.3 is 0 Å². The number of aryl methyl sites for hydroxylation is 2. The molecule has 8 nitrogen and oxygen atoms in total. The number of hydrogen-bond donors (Lipinski definition) is 0. The van der Waals surface area contributed by atoms with Crippen LogP contribution in [0.3, 0.4) is 0 Å². The number of imide groups is 2. The van der Waals surface area contributed by atoms with E-state index in [1.54, 1.807) is 0 Å². The standard InChI is InChI=1S/C62H70N2O6/c1-7-13-17-21-41-23-27-43(28-24-41)63-59(65)47-33-31-45-46-32-34-48-54-50(62(68)64(60(48)66)44-29-25-42(26-30-44)22-18-14-8-2)36-52(70-38-40(12-6)20-16-10-4)58(56(46)54)57-51(69-37-39(11-5)19-15-9-3)35-49(61(63)67)53(47)55(45)57/h23-36,39-40H,7-22,37-38H2,1-6H3. The van der Waals surface area contributed by atoms with Gasteiger partial charge in [-0.15, -0.1) is 0 Å². The number of carbonyl (C=O) groups excluding carboxylic acids is 4. The van der Waals surface area contributed by atoms with Gasteiger partial charge in [-0.3, -0.25) is 19.2 Å². The number of fused-ring (bicyclic) bond motifs is 2. The van der Waals surface area contributed by atoms with Crippen LogP contribution in [0.1, 0.15) is 184 Å². The summed E-state index contributed by atoms with van der Waals surface area (Å²) in [5.74, 6) is 0.0264. The summed E-state index contributed by atoms with van der Waals surface area (Å²) in [7, 11) is 0. The van der Waals surface area contributed by atoms with Crippen LogP contribution in [0.2, 0.25) is 0 Å². The lowest BCUT2D eigenvalue weighted by molar-refractivity contribution is 0.0877. The van der Waals surface area contributed by atoms with Gasteiger partial charge in [-0.25, -0.2) is 9.80 Å². The van der Waals surface area contributed by atoms with Crippen LogP contribution in [0.25, 0.3) is 43.1 Å². The Morgan fingerprint density at radius 3 is 1.13 bits per heavy atom. The third-order valence-electron chi connectivity index (χ3n) is 15.3. The second-order valence-corrected chi connectivity index (χ2v) is 20.0. The number of benzene rings is 7. The molecule has 9 rings (SSSR count). The fourth-order valence-corrected chi connectivity index (χ4v) is 11.1. The minimum absolute atomic E-state index is 0.274. The van der Waals surface area contributed by atoms with Crippen LogP contribution in [0.15, 0.2) is 84.9 Å². The first-order valence-corrected chi connectivity index (χ1v) is 26.7. The van der Waals surface area contributed by atoms with Crippen LogP contribution >= 0.6 is 0 Å². The SMILES string of the molecule is CCCCCc1ccc(N2C(=O)c3ccc4c5ccc6c7c(cc(OCC(CC)CCCC)c(c8c(OCC(CC)CCCC)cc(c3c48)C2=O)c75)C(=O)N(c2ccc(CCCCC)cc2)C6=O)cc1. The van der Waals surface area contributed by atoms with E-state index >= 15 is 9.59 Å². The maximum atomic E-state index is 15.1. The molecule has 2 aliphatic rings. The highest BCUT2D eigenvalue weighted by Gasteiger charge is 2.40. The molecule has 7 aromatic rings. The van der Waals surface area contributed by atoms with Crippen molar-refractivity contribution in [2.75, 3.05) is 23.0 Å². The van der Waals surface area contributed by atoms with Crippen molar-refractivity contribution in [3.05, 3.63) is 118 Å². The van der Waals surface area contributed by atoms with Gasteiger partial charge in [0.2, 0.25) is 0 Å². The van der Waals surface area contributed by atoms with Crippen LogP contribution < -0.4 is 19.3 Å². The Labute approximate surface area is 414 Å². The molecule has 2 heterocycles. The van der Waals surface area contributed by atoms with Gasteiger partial charge in [0.1, 0.15) is 11.5 Å². The summed E-state index contributed by atoms with van der Waals surface area (Å²) < 4.78 is 14.1. The van der Waals surface area contributed by atoms with E-state index in [1.165, 1.54) is 20.9 Å². The fourth-order valence-electron chi connectivity index (χ4n) is 11.1. The maximum absolute atomic E-state index is 15.1. The highest BCUT2D eigenvalue weighted by molar-refractivity contribution is 6.46. The summed E-state index contributed by atoms with van der Waals surface area (Å²) in [6.07, 6.45) is 16.8. The molecular formula is C62H70N2O6. The van der Waals surface area contributed by atoms with Crippen molar-refractivity contribution in [3.8, 4) is 11.5 Å². The molecule has 2 aliphatic heterocycles. The highest BCUT2D eigenvalue weighted by atomic mass is 16.5. The van der Waals surface area contributed by atoms with Crippen LogP contribution in [-0.2, 0) is 12.8 Å². The van der Waals surface area contributed by atoms with E-state index in [-0.39, 0.29) is 23.7 Å². The molecule has 0 N–H and O–H groups in total. The number of hydrogen-bond acceptors (Lipinski definition) is 6. The molecule has 364 valence electrons. The molecule has 0 radical (unpaired) electrons. The van der Waals surface area contributed by atoms with Gasteiger partial charge in [0.15, 0.2) is 0 Å². The predicted octanol–water partition coefficient (Wildman–Crippen LogP) is 16.0. The molecule has 0 fully saturated rings. The molecule has 4 amide bonds. The topological polar surface area (TPSA) is 93.2 Å². The zero-order valence-corrected chi connectivity index (χ0v) is 42.3. The number of nitrogens with zero attached hydrogens (tertiary/aromatic N) is 2. The Bertz CT molecular complexity index is 2850. The molecule has 0 bridgehead atoms. The van der Waals surface area contributed by atoms with Gasteiger partial charge in [0, 0.05) is 43.4 Å². The molecule has 2 unspecified atom stereocenters. The van der Waals surface area contributed by atoms with E-state index in [0.29, 0.717) is 69.1 Å². The molecular weight excluding hydrogens is 869 g/mol. The normalized spacial score (nSPS) is 14.5. The number of rotatable bonds is 24. The first-order chi connectivity index (χ1) is 34.2. The minimum atomic E-state index is -0.401. The van der Waals surface area contributed by atoms with Crippen LogP contribution in [-0.4, -0.2) is 36.8 Å². The average molecular weight is 939 g/mol. The van der Waals surface area contributed by atoms with E-state index in [9.17, 15) is 9.59 Å². The Morgan fingerprint density at radius 1 is 0.400 bits per heavy atom. The number of anilines is 2. The Morgan fingerprint density at radius 2 is 0.771 bits per heavy atom. The summed E-state index contributed by atoms with van der Waals surface area (Å²) in [6, 6.07) is 27.0. The van der Waals surface area contributed by atoms with Crippen molar-refractivity contribution in [3.63, 3.8) is 0 Å².